The Bertz CT molecular complexity index is 1220. The molecule has 0 aliphatic carbocycles. The molecule has 0 saturated heterocycles. The van der Waals surface area contributed by atoms with Crippen LogP contribution >= 0.6 is 0 Å². The number of nitrogens with zero attached hydrogens (tertiary/aromatic N) is 3. The third-order valence-corrected chi connectivity index (χ3v) is 4.54. The van der Waals surface area contributed by atoms with Gasteiger partial charge < -0.3 is 4.74 Å². The Balaban J connectivity index is 2.01. The number of hydrogen-bond donors (Lipinski definition) is 0. The van der Waals surface area contributed by atoms with Crippen molar-refractivity contribution in [1.82, 2.24) is 14.5 Å². The van der Waals surface area contributed by atoms with E-state index in [0.29, 0.717) is 22.6 Å². The van der Waals surface area contributed by atoms with Crippen LogP contribution in [0.1, 0.15) is 22.8 Å². The number of pyridine rings is 1. The second-order valence-corrected chi connectivity index (χ2v) is 6.45. The summed E-state index contributed by atoms with van der Waals surface area (Å²) in [7, 11) is 0. The minimum Gasteiger partial charge on any atom is -0.462 e. The molecule has 0 bridgehead atoms. The fourth-order valence-electron chi connectivity index (χ4n) is 3.27. The third-order valence-electron chi connectivity index (χ3n) is 4.54. The van der Waals surface area contributed by atoms with E-state index in [0.717, 1.165) is 6.07 Å². The second kappa shape index (κ2) is 7.62. The van der Waals surface area contributed by atoms with Gasteiger partial charge in [0.25, 0.3) is 0 Å². The molecule has 0 spiro atoms. The van der Waals surface area contributed by atoms with Crippen molar-refractivity contribution in [3.8, 4) is 17.1 Å². The van der Waals surface area contributed by atoms with Crippen molar-refractivity contribution in [3.05, 3.63) is 78.1 Å². The minimum absolute atomic E-state index is 0.168. The van der Waals surface area contributed by atoms with Crippen LogP contribution < -0.4 is 0 Å². The second-order valence-electron chi connectivity index (χ2n) is 6.45. The van der Waals surface area contributed by atoms with Gasteiger partial charge in [-0.05, 0) is 49.4 Å². The molecule has 8 heteroatoms. The van der Waals surface area contributed by atoms with E-state index in [1.165, 1.54) is 6.07 Å². The van der Waals surface area contributed by atoms with Gasteiger partial charge in [0.2, 0.25) is 0 Å². The van der Waals surface area contributed by atoms with Gasteiger partial charge in [0.05, 0.1) is 23.3 Å². The first-order chi connectivity index (χ1) is 14.4. The summed E-state index contributed by atoms with van der Waals surface area (Å²) in [5.41, 5.74) is 0.667. The van der Waals surface area contributed by atoms with Crippen molar-refractivity contribution in [1.29, 1.82) is 0 Å². The number of rotatable bonds is 4. The van der Waals surface area contributed by atoms with Crippen molar-refractivity contribution in [2.45, 2.75) is 13.1 Å². The number of fused-ring (bicyclic) bond motifs is 1. The Kier molecular flexibility index (Phi) is 4.99. The van der Waals surface area contributed by atoms with Gasteiger partial charge in [-0.3, -0.25) is 9.55 Å². The van der Waals surface area contributed by atoms with E-state index in [2.05, 4.69) is 9.97 Å². The molecule has 0 fully saturated rings. The van der Waals surface area contributed by atoms with Crippen molar-refractivity contribution in [2.75, 3.05) is 6.61 Å². The molecule has 0 saturated carbocycles. The third kappa shape index (κ3) is 3.52. The molecule has 0 amide bonds. The number of halogens is 3. The van der Waals surface area contributed by atoms with Gasteiger partial charge >= 0.3 is 12.1 Å². The molecule has 0 unspecified atom stereocenters. The Morgan fingerprint density at radius 2 is 1.80 bits per heavy atom. The molecule has 2 heterocycles. The number of para-hydroxylation sites is 1. The molecule has 0 N–H and O–H groups in total. The largest absolute Gasteiger partial charge is 0.462 e. The normalized spacial score (nSPS) is 11.6. The van der Waals surface area contributed by atoms with Crippen LogP contribution in [-0.4, -0.2) is 27.1 Å². The Labute approximate surface area is 169 Å². The zero-order valence-electron chi connectivity index (χ0n) is 15.8. The van der Waals surface area contributed by atoms with Gasteiger partial charge in [0.15, 0.2) is 0 Å². The van der Waals surface area contributed by atoms with Crippen molar-refractivity contribution in [2.24, 2.45) is 0 Å². The summed E-state index contributed by atoms with van der Waals surface area (Å²) in [4.78, 5) is 20.5. The average Bonchev–Trinajstić information content (AvgIpc) is 3.13. The highest BCUT2D eigenvalue weighted by molar-refractivity contribution is 5.91. The van der Waals surface area contributed by atoms with E-state index < -0.39 is 17.7 Å². The Morgan fingerprint density at radius 3 is 2.50 bits per heavy atom. The zero-order valence-corrected chi connectivity index (χ0v) is 15.8. The predicted octanol–water partition coefficient (Wildman–Crippen LogP) is 5.28. The monoisotopic (exact) mass is 411 g/mol. The summed E-state index contributed by atoms with van der Waals surface area (Å²) in [5, 5.41) is 0. The molecule has 4 rings (SSSR count). The van der Waals surface area contributed by atoms with E-state index >= 15 is 0 Å². The molecule has 0 aliphatic rings. The number of carbonyl (C=O) groups excluding carboxylic acids is 1. The van der Waals surface area contributed by atoms with Gasteiger partial charge in [-0.2, -0.15) is 13.2 Å². The maximum atomic E-state index is 13.6. The summed E-state index contributed by atoms with van der Waals surface area (Å²) in [6.07, 6.45) is -1.47. The first kappa shape index (κ1) is 19.6. The smallest absolute Gasteiger partial charge is 0.418 e. The van der Waals surface area contributed by atoms with E-state index in [1.807, 2.05) is 0 Å². The first-order valence-electron chi connectivity index (χ1n) is 9.16. The lowest BCUT2D eigenvalue weighted by Gasteiger charge is -2.11. The summed E-state index contributed by atoms with van der Waals surface area (Å²) < 4.78 is 47.4. The van der Waals surface area contributed by atoms with Crippen LogP contribution in [0.3, 0.4) is 0 Å². The summed E-state index contributed by atoms with van der Waals surface area (Å²) in [6.45, 7) is 1.92. The van der Waals surface area contributed by atoms with E-state index in [-0.39, 0.29) is 17.6 Å². The van der Waals surface area contributed by atoms with E-state index in [1.54, 1.807) is 66.3 Å². The molecule has 0 aliphatic heterocycles. The highest BCUT2D eigenvalue weighted by Gasteiger charge is 2.34. The number of imidazole rings is 1. The lowest BCUT2D eigenvalue weighted by Crippen LogP contribution is -2.06. The molecule has 0 radical (unpaired) electrons. The zero-order chi connectivity index (χ0) is 21.3. The number of ether oxygens (including phenoxy) is 1. The maximum absolute atomic E-state index is 13.6. The fourth-order valence-corrected chi connectivity index (χ4v) is 3.27. The summed E-state index contributed by atoms with van der Waals surface area (Å²) in [5.74, 6) is -0.199. The molecule has 0 atom stereocenters. The van der Waals surface area contributed by atoms with Crippen LogP contribution in [0, 0.1) is 0 Å². The molecule has 30 heavy (non-hydrogen) atoms. The standard InChI is InChI=1S/C22H16F3N3O2/c1-2-30-21(29)15-5-3-6-16(13-15)28-18-8-4-7-17(22(23,24)25)19(18)27-20(28)14-9-11-26-12-10-14/h3-13H,2H2,1H3. The van der Waals surface area contributed by atoms with Gasteiger partial charge in [0, 0.05) is 23.6 Å². The first-order valence-corrected chi connectivity index (χ1v) is 9.16. The minimum atomic E-state index is -4.55. The van der Waals surface area contributed by atoms with Gasteiger partial charge in [-0.15, -0.1) is 0 Å². The van der Waals surface area contributed by atoms with Gasteiger partial charge in [-0.1, -0.05) is 12.1 Å². The topological polar surface area (TPSA) is 57.0 Å². The average molecular weight is 411 g/mol. The molecule has 5 nitrogen and oxygen atoms in total. The highest BCUT2D eigenvalue weighted by Crippen LogP contribution is 2.37. The van der Waals surface area contributed by atoms with Crippen LogP contribution in [-0.2, 0) is 10.9 Å². The number of aromatic nitrogens is 3. The Hall–Kier alpha value is -3.68. The summed E-state index contributed by atoms with van der Waals surface area (Å²) >= 11 is 0. The van der Waals surface area contributed by atoms with E-state index in [9.17, 15) is 18.0 Å². The fraction of sp³-hybridized carbons (Fsp3) is 0.136. The van der Waals surface area contributed by atoms with E-state index in [4.69, 9.17) is 4.74 Å². The number of esters is 1. The predicted molar refractivity (Wildman–Crippen MR) is 105 cm³/mol. The molecule has 2 aromatic heterocycles. The lowest BCUT2D eigenvalue weighted by atomic mass is 10.1. The maximum Gasteiger partial charge on any atom is 0.418 e. The van der Waals surface area contributed by atoms with Gasteiger partial charge in [0.1, 0.15) is 11.3 Å². The molecular weight excluding hydrogens is 395 g/mol. The quantitative estimate of drug-likeness (QED) is 0.429. The van der Waals surface area contributed by atoms with Crippen molar-refractivity contribution < 1.29 is 22.7 Å². The number of benzene rings is 2. The van der Waals surface area contributed by atoms with Crippen LogP contribution in [0.15, 0.2) is 67.0 Å². The number of hydrogen-bond acceptors (Lipinski definition) is 4. The van der Waals surface area contributed by atoms with Crippen LogP contribution in [0.5, 0.6) is 0 Å². The Morgan fingerprint density at radius 1 is 1.07 bits per heavy atom. The molecular formula is C22H16F3N3O2. The van der Waals surface area contributed by atoms with Crippen LogP contribution in [0.4, 0.5) is 13.2 Å². The van der Waals surface area contributed by atoms with Crippen molar-refractivity contribution >= 4 is 17.0 Å². The molecule has 4 aromatic rings. The molecule has 2 aromatic carbocycles. The highest BCUT2D eigenvalue weighted by atomic mass is 19.4. The molecule has 152 valence electrons. The number of alkyl halides is 3. The van der Waals surface area contributed by atoms with Crippen LogP contribution in [0.25, 0.3) is 28.1 Å². The number of carbonyl (C=O) groups is 1. The van der Waals surface area contributed by atoms with Crippen molar-refractivity contribution in [3.63, 3.8) is 0 Å². The lowest BCUT2D eigenvalue weighted by molar-refractivity contribution is -0.136. The van der Waals surface area contributed by atoms with Crippen LogP contribution in [0.2, 0.25) is 0 Å². The SMILES string of the molecule is CCOC(=O)c1cccc(-n2c(-c3ccncc3)nc3c(C(F)(F)F)cccc32)c1. The summed E-state index contributed by atoms with van der Waals surface area (Å²) in [6, 6.07) is 13.8. The van der Waals surface area contributed by atoms with Gasteiger partial charge in [-0.25, -0.2) is 9.78 Å².